The van der Waals surface area contributed by atoms with E-state index in [1.165, 1.54) is 58.5 Å². The Labute approximate surface area is 179 Å². The van der Waals surface area contributed by atoms with E-state index in [0.29, 0.717) is 11.8 Å². The molecular formula is C28H31NO. The number of aromatic nitrogens is 1. The average molecular weight is 398 g/mol. The lowest BCUT2D eigenvalue weighted by atomic mass is 9.92. The molecule has 1 saturated carbocycles. The van der Waals surface area contributed by atoms with E-state index >= 15 is 0 Å². The van der Waals surface area contributed by atoms with E-state index in [9.17, 15) is 0 Å². The molecule has 1 aliphatic rings. The van der Waals surface area contributed by atoms with Crippen LogP contribution in [0.25, 0.3) is 33.0 Å². The zero-order valence-electron chi connectivity index (χ0n) is 18.6. The van der Waals surface area contributed by atoms with Gasteiger partial charge in [-0.05, 0) is 79.7 Å². The van der Waals surface area contributed by atoms with Gasteiger partial charge in [0.1, 0.15) is 11.3 Å². The lowest BCUT2D eigenvalue weighted by Crippen LogP contribution is -1.95. The van der Waals surface area contributed by atoms with Gasteiger partial charge in [0.2, 0.25) is 0 Å². The molecule has 0 atom stereocenters. The van der Waals surface area contributed by atoms with Crippen LogP contribution in [0, 0.1) is 19.8 Å². The Morgan fingerprint density at radius 2 is 1.80 bits per heavy atom. The molecule has 2 nitrogen and oxygen atoms in total. The van der Waals surface area contributed by atoms with Crippen molar-refractivity contribution in [1.82, 2.24) is 4.98 Å². The summed E-state index contributed by atoms with van der Waals surface area (Å²) in [6.45, 7) is 8.87. The van der Waals surface area contributed by atoms with Gasteiger partial charge in [-0.3, -0.25) is 4.98 Å². The molecule has 5 rings (SSSR count). The van der Waals surface area contributed by atoms with Crippen LogP contribution in [0.2, 0.25) is 0 Å². The van der Waals surface area contributed by atoms with Gasteiger partial charge in [0.25, 0.3) is 0 Å². The van der Waals surface area contributed by atoms with Crippen molar-refractivity contribution in [3.05, 3.63) is 65.0 Å². The predicted molar refractivity (Wildman–Crippen MR) is 126 cm³/mol. The SMILES string of the molecule is Cc1cc(-c2nccc3cc(CC(C)C)ccc23)c2oc(C)c(C3CCCC3)c2c1. The van der Waals surface area contributed by atoms with Gasteiger partial charge in [0.15, 0.2) is 0 Å². The number of furan rings is 1. The second-order valence-electron chi connectivity index (χ2n) is 9.56. The molecule has 2 heterocycles. The van der Waals surface area contributed by atoms with Gasteiger partial charge in [-0.2, -0.15) is 0 Å². The summed E-state index contributed by atoms with van der Waals surface area (Å²) in [5.74, 6) is 2.38. The van der Waals surface area contributed by atoms with Crippen molar-refractivity contribution in [3.8, 4) is 11.3 Å². The third-order valence-electron chi connectivity index (χ3n) is 6.65. The van der Waals surface area contributed by atoms with Crippen LogP contribution in [0.1, 0.15) is 67.9 Å². The first-order valence-electron chi connectivity index (χ1n) is 11.4. The van der Waals surface area contributed by atoms with Crippen LogP contribution >= 0.6 is 0 Å². The number of benzene rings is 2. The van der Waals surface area contributed by atoms with Crippen LogP contribution in [0.5, 0.6) is 0 Å². The van der Waals surface area contributed by atoms with E-state index in [-0.39, 0.29) is 0 Å². The second-order valence-corrected chi connectivity index (χ2v) is 9.56. The van der Waals surface area contributed by atoms with Crippen molar-refractivity contribution < 1.29 is 4.42 Å². The van der Waals surface area contributed by atoms with Gasteiger partial charge in [0, 0.05) is 28.1 Å². The van der Waals surface area contributed by atoms with E-state index in [1.807, 2.05) is 6.20 Å². The summed E-state index contributed by atoms with van der Waals surface area (Å²) in [7, 11) is 0. The van der Waals surface area contributed by atoms with Gasteiger partial charge in [-0.15, -0.1) is 0 Å². The molecule has 1 fully saturated rings. The number of rotatable bonds is 4. The minimum atomic E-state index is 0.639. The van der Waals surface area contributed by atoms with E-state index in [2.05, 4.69) is 64.1 Å². The van der Waals surface area contributed by atoms with Crippen molar-refractivity contribution in [2.45, 2.75) is 65.7 Å². The number of pyridine rings is 1. The summed E-state index contributed by atoms with van der Waals surface area (Å²) < 4.78 is 6.44. The van der Waals surface area contributed by atoms with E-state index < -0.39 is 0 Å². The molecule has 0 spiro atoms. The van der Waals surface area contributed by atoms with Crippen LogP contribution in [0.15, 0.2) is 47.0 Å². The first-order valence-corrected chi connectivity index (χ1v) is 11.4. The second kappa shape index (κ2) is 7.58. The summed E-state index contributed by atoms with van der Waals surface area (Å²) >= 11 is 0. The van der Waals surface area contributed by atoms with Gasteiger partial charge in [0.05, 0.1) is 5.69 Å². The summed E-state index contributed by atoms with van der Waals surface area (Å²) in [5, 5.41) is 3.75. The predicted octanol–water partition coefficient (Wildman–Crippen LogP) is 8.12. The summed E-state index contributed by atoms with van der Waals surface area (Å²) in [4.78, 5) is 4.84. The average Bonchev–Trinajstić information content (AvgIpc) is 3.33. The Balaban J connectivity index is 1.71. The molecule has 2 aromatic carbocycles. The fourth-order valence-electron chi connectivity index (χ4n) is 5.42. The molecule has 1 aliphatic carbocycles. The van der Waals surface area contributed by atoms with Crippen LogP contribution in [0.4, 0.5) is 0 Å². The molecule has 0 radical (unpaired) electrons. The summed E-state index contributed by atoms with van der Waals surface area (Å²) in [5.41, 5.74) is 7.26. The highest BCUT2D eigenvalue weighted by Gasteiger charge is 2.26. The number of aryl methyl sites for hydroxylation is 2. The molecular weight excluding hydrogens is 366 g/mol. The van der Waals surface area contributed by atoms with Crippen molar-refractivity contribution in [1.29, 1.82) is 0 Å². The molecule has 30 heavy (non-hydrogen) atoms. The summed E-state index contributed by atoms with van der Waals surface area (Å²) in [6.07, 6.45) is 8.27. The Kier molecular flexibility index (Phi) is 4.89. The topological polar surface area (TPSA) is 26.0 Å². The first kappa shape index (κ1) is 19.4. The third-order valence-corrected chi connectivity index (χ3v) is 6.65. The minimum Gasteiger partial charge on any atom is -0.460 e. The maximum Gasteiger partial charge on any atom is 0.143 e. The zero-order valence-corrected chi connectivity index (χ0v) is 18.6. The monoisotopic (exact) mass is 397 g/mol. The van der Waals surface area contributed by atoms with Gasteiger partial charge < -0.3 is 4.42 Å². The lowest BCUT2D eigenvalue weighted by molar-refractivity contribution is 0.562. The largest absolute Gasteiger partial charge is 0.460 e. The van der Waals surface area contributed by atoms with Gasteiger partial charge >= 0.3 is 0 Å². The molecule has 0 bridgehead atoms. The van der Waals surface area contributed by atoms with Crippen LogP contribution < -0.4 is 0 Å². The molecule has 0 N–H and O–H groups in total. The van der Waals surface area contributed by atoms with Gasteiger partial charge in [-0.25, -0.2) is 0 Å². The van der Waals surface area contributed by atoms with Crippen LogP contribution in [-0.4, -0.2) is 4.98 Å². The van der Waals surface area contributed by atoms with Crippen LogP contribution in [-0.2, 0) is 6.42 Å². The molecule has 0 amide bonds. The number of fused-ring (bicyclic) bond motifs is 2. The van der Waals surface area contributed by atoms with Crippen molar-refractivity contribution in [2.24, 2.45) is 5.92 Å². The Bertz CT molecular complexity index is 1220. The smallest absolute Gasteiger partial charge is 0.143 e. The minimum absolute atomic E-state index is 0.639. The molecule has 154 valence electrons. The van der Waals surface area contributed by atoms with Crippen molar-refractivity contribution in [3.63, 3.8) is 0 Å². The molecule has 2 heteroatoms. The maximum atomic E-state index is 6.44. The number of hydrogen-bond donors (Lipinski definition) is 0. The standard InChI is InChI=1S/C28H31NO/c1-17(2)13-20-9-10-23-22(16-20)11-12-29-27(23)25-15-18(3)14-24-26(19(4)30-28(24)25)21-7-5-6-8-21/h9-12,14-17,21H,5-8,13H2,1-4H3. The van der Waals surface area contributed by atoms with Gasteiger partial charge in [-0.1, -0.05) is 44.9 Å². The fraction of sp³-hybridized carbons (Fsp3) is 0.393. The molecule has 0 saturated heterocycles. The fourth-order valence-corrected chi connectivity index (χ4v) is 5.42. The van der Waals surface area contributed by atoms with E-state index in [1.54, 1.807) is 0 Å². The first-order chi connectivity index (χ1) is 14.5. The molecule has 0 unspecified atom stereocenters. The van der Waals surface area contributed by atoms with E-state index in [0.717, 1.165) is 29.0 Å². The quantitative estimate of drug-likeness (QED) is 0.347. The Morgan fingerprint density at radius 3 is 2.57 bits per heavy atom. The zero-order chi connectivity index (χ0) is 20.8. The maximum absolute atomic E-state index is 6.44. The number of nitrogens with zero attached hydrogens (tertiary/aromatic N) is 1. The van der Waals surface area contributed by atoms with Crippen LogP contribution in [0.3, 0.4) is 0 Å². The van der Waals surface area contributed by atoms with E-state index in [4.69, 9.17) is 9.40 Å². The van der Waals surface area contributed by atoms with Crippen molar-refractivity contribution in [2.75, 3.05) is 0 Å². The third kappa shape index (κ3) is 3.33. The highest BCUT2D eigenvalue weighted by Crippen LogP contribution is 2.44. The lowest BCUT2D eigenvalue weighted by Gasteiger charge is -2.11. The Hall–Kier alpha value is -2.61. The Morgan fingerprint density at radius 1 is 1.00 bits per heavy atom. The highest BCUT2D eigenvalue weighted by molar-refractivity contribution is 6.03. The molecule has 0 aliphatic heterocycles. The normalized spacial score (nSPS) is 15.1. The summed E-state index contributed by atoms with van der Waals surface area (Å²) in [6, 6.07) is 13.5. The molecule has 4 aromatic rings. The molecule has 2 aromatic heterocycles. The highest BCUT2D eigenvalue weighted by atomic mass is 16.3. The van der Waals surface area contributed by atoms with Crippen molar-refractivity contribution >= 4 is 21.7 Å². The number of hydrogen-bond acceptors (Lipinski definition) is 2.